The molecule has 0 bridgehead atoms. The van der Waals surface area contributed by atoms with Gasteiger partial charge in [0.2, 0.25) is 0 Å². The Balaban J connectivity index is 5.22. The van der Waals surface area contributed by atoms with Crippen LogP contribution in [-0.2, 0) is 65.4 Å². The number of unbranched alkanes of at least 4 members (excludes halogenated alkanes) is 32. The number of esters is 4. The van der Waals surface area contributed by atoms with Gasteiger partial charge in [-0.15, -0.1) is 0 Å². The third-order valence-electron chi connectivity index (χ3n) is 15.1. The summed E-state index contributed by atoms with van der Waals surface area (Å²) in [5, 5.41) is 10.5. The van der Waals surface area contributed by atoms with E-state index in [0.717, 1.165) is 102 Å². The molecule has 19 heteroatoms. The van der Waals surface area contributed by atoms with E-state index in [1.54, 1.807) is 0 Å². The van der Waals surface area contributed by atoms with E-state index in [2.05, 4.69) is 48.5 Å². The Labute approximate surface area is 517 Å². The second-order valence-corrected chi connectivity index (χ2v) is 28.2. The summed E-state index contributed by atoms with van der Waals surface area (Å²) in [4.78, 5) is 72.2. The van der Waals surface area contributed by atoms with E-state index in [9.17, 15) is 43.2 Å². The average molecular weight is 1260 g/mol. The summed E-state index contributed by atoms with van der Waals surface area (Å²) in [6.07, 6.45) is 39.3. The number of aliphatic hydroxyl groups is 1. The molecule has 0 heterocycles. The predicted octanol–water partition coefficient (Wildman–Crippen LogP) is 18.3. The van der Waals surface area contributed by atoms with Gasteiger partial charge in [0.05, 0.1) is 26.4 Å². The molecule has 3 N–H and O–H groups in total. The minimum Gasteiger partial charge on any atom is -0.462 e. The topological polar surface area (TPSA) is 237 Å². The number of ether oxygens (including phenoxy) is 4. The van der Waals surface area contributed by atoms with Gasteiger partial charge >= 0.3 is 39.5 Å². The molecule has 0 rings (SSSR count). The van der Waals surface area contributed by atoms with Crippen LogP contribution in [0.15, 0.2) is 0 Å². The lowest BCUT2D eigenvalue weighted by Crippen LogP contribution is -2.30. The molecule has 17 nitrogen and oxygen atoms in total. The number of phosphoric ester groups is 2. The Kier molecular flexibility index (Phi) is 55.9. The second-order valence-electron chi connectivity index (χ2n) is 25.3. The highest BCUT2D eigenvalue weighted by atomic mass is 31.2. The quantitative estimate of drug-likeness (QED) is 0.0222. The zero-order valence-corrected chi connectivity index (χ0v) is 56.9. The molecule has 0 aromatic heterocycles. The maximum Gasteiger partial charge on any atom is 0.472 e. The Hall–Kier alpha value is -1.94. The lowest BCUT2D eigenvalue weighted by Gasteiger charge is -2.21. The van der Waals surface area contributed by atoms with Crippen molar-refractivity contribution in [3.05, 3.63) is 0 Å². The van der Waals surface area contributed by atoms with E-state index in [-0.39, 0.29) is 25.7 Å². The van der Waals surface area contributed by atoms with Crippen LogP contribution in [0.1, 0.15) is 325 Å². The predicted molar refractivity (Wildman–Crippen MR) is 340 cm³/mol. The second kappa shape index (κ2) is 57.2. The number of phosphoric acid groups is 2. The highest BCUT2D eigenvalue weighted by molar-refractivity contribution is 7.47. The van der Waals surface area contributed by atoms with Crippen LogP contribution in [0.25, 0.3) is 0 Å². The minimum atomic E-state index is -4.95. The molecule has 0 radical (unpaired) electrons. The summed E-state index contributed by atoms with van der Waals surface area (Å²) in [6.45, 7) is 11.6. The first-order valence-electron chi connectivity index (χ1n) is 34.3. The average Bonchev–Trinajstić information content (AvgIpc) is 3.54. The first-order chi connectivity index (χ1) is 40.7. The number of carbonyl (C=O) groups is 4. The van der Waals surface area contributed by atoms with Crippen LogP contribution >= 0.6 is 15.6 Å². The molecule has 5 atom stereocenters. The van der Waals surface area contributed by atoms with Crippen LogP contribution in [0.3, 0.4) is 0 Å². The van der Waals surface area contributed by atoms with Crippen molar-refractivity contribution in [2.45, 2.75) is 343 Å². The lowest BCUT2D eigenvalue weighted by molar-refractivity contribution is -0.161. The van der Waals surface area contributed by atoms with E-state index in [1.807, 2.05) is 0 Å². The molecular formula is C66H128O17P2. The maximum atomic E-state index is 13.0. The highest BCUT2D eigenvalue weighted by Gasteiger charge is 2.30. The van der Waals surface area contributed by atoms with Crippen molar-refractivity contribution in [2.24, 2.45) is 17.8 Å². The number of carbonyl (C=O) groups excluding carboxylic acids is 4. The van der Waals surface area contributed by atoms with E-state index < -0.39 is 97.5 Å². The van der Waals surface area contributed by atoms with Gasteiger partial charge in [0.1, 0.15) is 19.3 Å². The van der Waals surface area contributed by atoms with Crippen LogP contribution in [0.4, 0.5) is 0 Å². The van der Waals surface area contributed by atoms with Gasteiger partial charge in [0, 0.05) is 25.7 Å². The first-order valence-corrected chi connectivity index (χ1v) is 37.3. The van der Waals surface area contributed by atoms with E-state index in [0.29, 0.717) is 37.5 Å². The van der Waals surface area contributed by atoms with Crippen LogP contribution < -0.4 is 0 Å². The van der Waals surface area contributed by atoms with Crippen LogP contribution in [-0.4, -0.2) is 96.7 Å². The fourth-order valence-electron chi connectivity index (χ4n) is 9.83. The standard InChI is InChI=1S/C66H128O17P2/c1-8-9-10-11-12-13-14-15-16-17-18-19-20-25-35-42-49-65(70)82-61(53-76-63(68)47-40-33-24-22-21-23-30-37-44-57(2)3)55-80-84(72,73)78-51-60(67)52-79-85(74,75)81-56-62(83-66(71)50-43-36-29-27-32-39-46-59(6)7)54-77-64(69)48-41-34-28-26-31-38-45-58(4)5/h57-62,67H,8-56H2,1-7H3,(H,72,73)(H,74,75)/t60-,61-,62-/m1/s1. The lowest BCUT2D eigenvalue weighted by atomic mass is 10.0. The smallest absolute Gasteiger partial charge is 0.462 e. The van der Waals surface area contributed by atoms with Gasteiger partial charge < -0.3 is 33.8 Å². The SMILES string of the molecule is CCCCCCCCCCCCCCCCCCC(=O)O[C@H](COC(=O)CCCCCCCCCCC(C)C)COP(=O)(O)OC[C@@H](O)COP(=O)(O)OC[C@@H](COC(=O)CCCCCCCCC(C)C)OC(=O)CCCCCCCCC(C)C. The van der Waals surface area contributed by atoms with E-state index >= 15 is 0 Å². The van der Waals surface area contributed by atoms with Crippen molar-refractivity contribution in [2.75, 3.05) is 39.6 Å². The fraction of sp³-hybridized carbons (Fsp3) is 0.939. The van der Waals surface area contributed by atoms with Gasteiger partial charge in [0.15, 0.2) is 12.2 Å². The molecule has 0 aromatic rings. The largest absolute Gasteiger partial charge is 0.472 e. The van der Waals surface area contributed by atoms with Crippen molar-refractivity contribution in [3.63, 3.8) is 0 Å². The Morgan fingerprint density at radius 2 is 0.541 bits per heavy atom. The molecule has 0 amide bonds. The Bertz CT molecular complexity index is 1680. The van der Waals surface area contributed by atoms with Crippen LogP contribution in [0.2, 0.25) is 0 Å². The molecule has 0 spiro atoms. The van der Waals surface area contributed by atoms with Crippen molar-refractivity contribution in [3.8, 4) is 0 Å². The third-order valence-corrected chi connectivity index (χ3v) is 17.0. The zero-order chi connectivity index (χ0) is 63.1. The number of hydrogen-bond acceptors (Lipinski definition) is 15. The fourth-order valence-corrected chi connectivity index (χ4v) is 11.4. The van der Waals surface area contributed by atoms with Crippen molar-refractivity contribution in [1.82, 2.24) is 0 Å². The molecule has 0 saturated carbocycles. The molecule has 85 heavy (non-hydrogen) atoms. The minimum absolute atomic E-state index is 0.101. The van der Waals surface area contributed by atoms with Gasteiger partial charge in [-0.3, -0.25) is 37.3 Å². The van der Waals surface area contributed by atoms with Crippen LogP contribution in [0.5, 0.6) is 0 Å². The molecule has 504 valence electrons. The van der Waals surface area contributed by atoms with Gasteiger partial charge in [-0.25, -0.2) is 9.13 Å². The van der Waals surface area contributed by atoms with Crippen molar-refractivity contribution >= 4 is 39.5 Å². The van der Waals surface area contributed by atoms with Gasteiger partial charge in [-0.2, -0.15) is 0 Å². The molecule has 0 aromatic carbocycles. The van der Waals surface area contributed by atoms with Crippen LogP contribution in [0, 0.1) is 17.8 Å². The summed E-state index contributed by atoms with van der Waals surface area (Å²) in [7, 11) is -9.89. The molecule has 2 unspecified atom stereocenters. The van der Waals surface area contributed by atoms with Gasteiger partial charge in [-0.05, 0) is 43.4 Å². The molecule has 0 aliphatic rings. The maximum absolute atomic E-state index is 13.0. The summed E-state index contributed by atoms with van der Waals surface area (Å²) in [5.74, 6) is -0.0634. The highest BCUT2D eigenvalue weighted by Crippen LogP contribution is 2.45. The van der Waals surface area contributed by atoms with Gasteiger partial charge in [0.25, 0.3) is 0 Å². The summed E-state index contributed by atoms with van der Waals surface area (Å²) >= 11 is 0. The molecule has 0 saturated heterocycles. The summed E-state index contributed by atoms with van der Waals surface area (Å²) in [6, 6.07) is 0. The normalized spacial score (nSPS) is 14.3. The van der Waals surface area contributed by atoms with E-state index in [1.165, 1.54) is 128 Å². The number of rotatable bonds is 64. The summed E-state index contributed by atoms with van der Waals surface area (Å²) in [5.41, 5.74) is 0. The molecular weight excluding hydrogens is 1130 g/mol. The van der Waals surface area contributed by atoms with Crippen molar-refractivity contribution in [1.29, 1.82) is 0 Å². The zero-order valence-electron chi connectivity index (χ0n) is 55.1. The third kappa shape index (κ3) is 60.7. The number of aliphatic hydroxyl groups excluding tert-OH is 1. The molecule has 0 aliphatic carbocycles. The summed E-state index contributed by atoms with van der Waals surface area (Å²) < 4.78 is 68.0. The van der Waals surface area contributed by atoms with Crippen molar-refractivity contribution < 1.29 is 80.2 Å². The number of hydrogen-bond donors (Lipinski definition) is 3. The monoisotopic (exact) mass is 1250 g/mol. The first kappa shape index (κ1) is 83.1. The van der Waals surface area contributed by atoms with E-state index in [4.69, 9.17) is 37.0 Å². The van der Waals surface area contributed by atoms with Gasteiger partial charge in [-0.1, -0.05) is 273 Å². The Morgan fingerprint density at radius 1 is 0.318 bits per heavy atom. The molecule has 0 aliphatic heterocycles. The molecule has 0 fully saturated rings. The Morgan fingerprint density at radius 3 is 0.800 bits per heavy atom.